The van der Waals surface area contributed by atoms with Gasteiger partial charge in [0.15, 0.2) is 0 Å². The molecule has 0 aromatic heterocycles. The molecule has 11 heteroatoms. The topological polar surface area (TPSA) is 114 Å². The van der Waals surface area contributed by atoms with Crippen molar-refractivity contribution in [1.29, 1.82) is 0 Å². The summed E-state index contributed by atoms with van der Waals surface area (Å²) in [6, 6.07) is 10.3. The van der Waals surface area contributed by atoms with Gasteiger partial charge in [-0.15, -0.1) is 0 Å². The molecule has 0 aliphatic carbocycles. The van der Waals surface area contributed by atoms with Gasteiger partial charge in [0.2, 0.25) is 10.0 Å². The SMILES string of the molecule is COCC1CN(S(=O)(=O)c2ccc(OCc3ccc(F)cc3)cc2)[C@@H](C(=O)NO)[C@H](C)O1. The summed E-state index contributed by atoms with van der Waals surface area (Å²) in [5.74, 6) is -0.816. The van der Waals surface area contributed by atoms with Crippen molar-refractivity contribution in [3.63, 3.8) is 0 Å². The van der Waals surface area contributed by atoms with E-state index in [2.05, 4.69) is 0 Å². The lowest BCUT2D eigenvalue weighted by Crippen LogP contribution is -2.61. The molecule has 1 aliphatic heterocycles. The molecule has 0 spiro atoms. The Morgan fingerprint density at radius 2 is 1.88 bits per heavy atom. The quantitative estimate of drug-likeness (QED) is 0.448. The average molecular weight is 469 g/mol. The molecule has 174 valence electrons. The van der Waals surface area contributed by atoms with Crippen molar-refractivity contribution in [1.82, 2.24) is 9.79 Å². The summed E-state index contributed by atoms with van der Waals surface area (Å²) in [4.78, 5) is 12.2. The minimum atomic E-state index is -4.11. The number of nitrogens with one attached hydrogen (secondary N) is 1. The van der Waals surface area contributed by atoms with Crippen LogP contribution in [0.5, 0.6) is 5.75 Å². The first-order chi connectivity index (χ1) is 15.3. The summed E-state index contributed by atoms with van der Waals surface area (Å²) >= 11 is 0. The monoisotopic (exact) mass is 468 g/mol. The van der Waals surface area contributed by atoms with Crippen molar-refractivity contribution in [3.8, 4) is 5.75 Å². The molecule has 0 bridgehead atoms. The summed E-state index contributed by atoms with van der Waals surface area (Å²) in [6.07, 6.45) is -1.39. The molecule has 0 saturated carbocycles. The minimum absolute atomic E-state index is 0.0485. The van der Waals surface area contributed by atoms with Gasteiger partial charge in [0, 0.05) is 13.7 Å². The average Bonchev–Trinajstić information content (AvgIpc) is 2.78. The Balaban J connectivity index is 1.79. The zero-order chi connectivity index (χ0) is 23.3. The molecular weight excluding hydrogens is 443 g/mol. The van der Waals surface area contributed by atoms with Crippen LogP contribution in [0, 0.1) is 5.82 Å². The van der Waals surface area contributed by atoms with E-state index in [1.165, 1.54) is 49.0 Å². The summed E-state index contributed by atoms with van der Waals surface area (Å²) in [7, 11) is -2.65. The fourth-order valence-electron chi connectivity index (χ4n) is 3.50. The molecule has 32 heavy (non-hydrogen) atoms. The van der Waals surface area contributed by atoms with Crippen LogP contribution >= 0.6 is 0 Å². The molecule has 0 radical (unpaired) electrons. The van der Waals surface area contributed by atoms with Gasteiger partial charge in [-0.25, -0.2) is 18.3 Å². The summed E-state index contributed by atoms with van der Waals surface area (Å²) in [6.45, 7) is 1.75. The third-order valence-electron chi connectivity index (χ3n) is 5.03. The first-order valence-corrected chi connectivity index (χ1v) is 11.3. The number of benzene rings is 2. The van der Waals surface area contributed by atoms with Crippen molar-refractivity contribution in [2.24, 2.45) is 0 Å². The Morgan fingerprint density at radius 1 is 1.22 bits per heavy atom. The minimum Gasteiger partial charge on any atom is -0.489 e. The van der Waals surface area contributed by atoms with Crippen molar-refractivity contribution in [2.45, 2.75) is 36.7 Å². The second-order valence-electron chi connectivity index (χ2n) is 7.30. The van der Waals surface area contributed by atoms with Crippen LogP contribution in [0.2, 0.25) is 0 Å². The molecule has 3 atom stereocenters. The second kappa shape index (κ2) is 10.4. The summed E-state index contributed by atoms with van der Waals surface area (Å²) in [5.41, 5.74) is 2.27. The third kappa shape index (κ3) is 5.43. The zero-order valence-corrected chi connectivity index (χ0v) is 18.4. The predicted molar refractivity (Wildman–Crippen MR) is 111 cm³/mol. The van der Waals surface area contributed by atoms with E-state index in [-0.39, 0.29) is 30.5 Å². The number of ether oxygens (including phenoxy) is 3. The number of nitrogens with zero attached hydrogens (tertiary/aromatic N) is 1. The summed E-state index contributed by atoms with van der Waals surface area (Å²) in [5, 5.41) is 9.09. The standard InChI is InChI=1S/C21H25FN2O7S/c1-14-20(21(25)23-26)24(11-18(31-14)13-29-2)32(27,28)19-9-7-17(8-10-19)30-12-15-3-5-16(22)6-4-15/h3-10,14,18,20,26H,11-13H2,1-2H3,(H,23,25)/t14-,18?,20+/m0/s1. The fraction of sp³-hybridized carbons (Fsp3) is 0.381. The predicted octanol–water partition coefficient (Wildman–Crippen LogP) is 1.70. The Kier molecular flexibility index (Phi) is 7.80. The summed E-state index contributed by atoms with van der Waals surface area (Å²) < 4.78 is 57.0. The van der Waals surface area contributed by atoms with Crippen LogP contribution in [0.1, 0.15) is 12.5 Å². The number of rotatable bonds is 8. The molecule has 1 amide bonds. The van der Waals surface area contributed by atoms with Crippen LogP contribution < -0.4 is 10.2 Å². The zero-order valence-electron chi connectivity index (χ0n) is 17.6. The number of amides is 1. The van der Waals surface area contributed by atoms with Crippen molar-refractivity contribution < 1.29 is 37.0 Å². The Bertz CT molecular complexity index is 1020. The number of hydroxylamine groups is 1. The molecule has 2 aromatic carbocycles. The van der Waals surface area contributed by atoms with E-state index in [0.29, 0.717) is 5.75 Å². The van der Waals surface area contributed by atoms with Gasteiger partial charge in [-0.3, -0.25) is 10.0 Å². The van der Waals surface area contributed by atoms with E-state index in [4.69, 9.17) is 19.4 Å². The van der Waals surface area contributed by atoms with Gasteiger partial charge in [0.05, 0.1) is 23.7 Å². The second-order valence-corrected chi connectivity index (χ2v) is 9.19. The Labute approximate surface area is 185 Å². The normalized spacial score (nSPS) is 21.8. The lowest BCUT2D eigenvalue weighted by atomic mass is 10.1. The van der Waals surface area contributed by atoms with Crippen LogP contribution in [0.15, 0.2) is 53.4 Å². The van der Waals surface area contributed by atoms with E-state index in [9.17, 15) is 17.6 Å². The first-order valence-electron chi connectivity index (χ1n) is 9.83. The maximum atomic E-state index is 13.3. The Hall–Kier alpha value is -2.57. The van der Waals surface area contributed by atoms with Crippen LogP contribution in [-0.2, 0) is 30.9 Å². The van der Waals surface area contributed by atoms with Crippen molar-refractivity contribution >= 4 is 15.9 Å². The highest BCUT2D eigenvalue weighted by Crippen LogP contribution is 2.28. The number of carbonyl (C=O) groups is 1. The van der Waals surface area contributed by atoms with Gasteiger partial charge in [-0.1, -0.05) is 12.1 Å². The van der Waals surface area contributed by atoms with Gasteiger partial charge in [-0.2, -0.15) is 4.31 Å². The van der Waals surface area contributed by atoms with E-state index in [0.717, 1.165) is 9.87 Å². The molecule has 9 nitrogen and oxygen atoms in total. The molecule has 1 heterocycles. The number of carbonyl (C=O) groups excluding carboxylic acids is 1. The smallest absolute Gasteiger partial charge is 0.264 e. The number of hydrogen-bond donors (Lipinski definition) is 2. The largest absolute Gasteiger partial charge is 0.489 e. The highest BCUT2D eigenvalue weighted by Gasteiger charge is 2.45. The van der Waals surface area contributed by atoms with Gasteiger partial charge in [0.25, 0.3) is 5.91 Å². The van der Waals surface area contributed by atoms with E-state index in [1.54, 1.807) is 19.1 Å². The van der Waals surface area contributed by atoms with Crippen LogP contribution in [0.25, 0.3) is 0 Å². The molecule has 1 saturated heterocycles. The number of methoxy groups -OCH3 is 1. The van der Waals surface area contributed by atoms with Gasteiger partial charge >= 0.3 is 0 Å². The number of morpholine rings is 1. The van der Waals surface area contributed by atoms with Gasteiger partial charge < -0.3 is 14.2 Å². The molecule has 3 rings (SSSR count). The molecule has 2 aromatic rings. The molecule has 1 fully saturated rings. The number of hydrogen-bond acceptors (Lipinski definition) is 7. The lowest BCUT2D eigenvalue weighted by Gasteiger charge is -2.41. The maximum absolute atomic E-state index is 13.3. The molecule has 2 N–H and O–H groups in total. The molecular formula is C21H25FN2O7S. The van der Waals surface area contributed by atoms with E-state index < -0.39 is 34.2 Å². The Morgan fingerprint density at radius 3 is 2.47 bits per heavy atom. The number of halogens is 1. The third-order valence-corrected chi connectivity index (χ3v) is 6.89. The highest BCUT2D eigenvalue weighted by molar-refractivity contribution is 7.89. The van der Waals surface area contributed by atoms with Crippen molar-refractivity contribution in [2.75, 3.05) is 20.3 Å². The van der Waals surface area contributed by atoms with Crippen molar-refractivity contribution in [3.05, 3.63) is 59.9 Å². The van der Waals surface area contributed by atoms with E-state index in [1.807, 2.05) is 0 Å². The van der Waals surface area contributed by atoms with E-state index >= 15 is 0 Å². The van der Waals surface area contributed by atoms with Gasteiger partial charge in [0.1, 0.15) is 24.2 Å². The highest BCUT2D eigenvalue weighted by atomic mass is 32.2. The first kappa shape index (κ1) is 24.1. The van der Waals surface area contributed by atoms with Crippen LogP contribution in [0.3, 0.4) is 0 Å². The number of sulfonamides is 1. The van der Waals surface area contributed by atoms with Crippen LogP contribution in [0.4, 0.5) is 4.39 Å². The van der Waals surface area contributed by atoms with Gasteiger partial charge in [-0.05, 0) is 48.9 Å². The lowest BCUT2D eigenvalue weighted by molar-refractivity contribution is -0.151. The molecule has 1 unspecified atom stereocenters. The van der Waals surface area contributed by atoms with Crippen LogP contribution in [-0.4, -0.2) is 62.3 Å². The fourth-order valence-corrected chi connectivity index (χ4v) is 5.18. The maximum Gasteiger partial charge on any atom is 0.264 e. The molecule has 1 aliphatic rings.